The Labute approximate surface area is 175 Å². The molecule has 2 heterocycles. The largest absolute Gasteiger partial charge is 0.480 e. The standard InChI is InChI=1S/C19H22BrN3O2S2/c1-18(2)8-11-12(9-18)14(26-13(11)10-4-5-10)23-16(20)21-22-17(23)27-19(15(24)25)6-3-7-19/h10H,3-9H2,1-2H3,(H,24,25). The number of halogens is 1. The number of nitrogens with zero attached hydrogens (tertiary/aromatic N) is 3. The van der Waals surface area contributed by atoms with Crippen LogP contribution in [0, 0.1) is 5.41 Å². The van der Waals surface area contributed by atoms with E-state index >= 15 is 0 Å². The van der Waals surface area contributed by atoms with Crippen molar-refractivity contribution in [2.24, 2.45) is 5.41 Å². The van der Waals surface area contributed by atoms with Gasteiger partial charge in [-0.15, -0.1) is 21.5 Å². The first-order valence-electron chi connectivity index (χ1n) is 9.48. The third-order valence-electron chi connectivity index (χ3n) is 6.02. The van der Waals surface area contributed by atoms with E-state index in [1.807, 2.05) is 11.3 Å². The summed E-state index contributed by atoms with van der Waals surface area (Å²) < 4.78 is 1.98. The topological polar surface area (TPSA) is 68.0 Å². The van der Waals surface area contributed by atoms with Gasteiger partial charge in [0.15, 0.2) is 5.16 Å². The van der Waals surface area contributed by atoms with E-state index < -0.39 is 10.7 Å². The Morgan fingerprint density at radius 2 is 1.96 bits per heavy atom. The van der Waals surface area contributed by atoms with Crippen LogP contribution >= 0.6 is 39.0 Å². The second-order valence-electron chi connectivity index (χ2n) is 8.86. The highest BCUT2D eigenvalue weighted by atomic mass is 79.9. The van der Waals surface area contributed by atoms with E-state index in [9.17, 15) is 9.90 Å². The number of fused-ring (bicyclic) bond motifs is 1. The van der Waals surface area contributed by atoms with Crippen molar-refractivity contribution in [3.8, 4) is 5.00 Å². The summed E-state index contributed by atoms with van der Waals surface area (Å²) >= 11 is 6.82. The number of carboxylic acid groups (broad SMARTS) is 1. The van der Waals surface area contributed by atoms with Crippen molar-refractivity contribution in [3.05, 3.63) is 20.7 Å². The molecule has 27 heavy (non-hydrogen) atoms. The minimum absolute atomic E-state index is 0.279. The van der Waals surface area contributed by atoms with Gasteiger partial charge in [-0.05, 0) is 83.3 Å². The highest BCUT2D eigenvalue weighted by Crippen LogP contribution is 2.54. The van der Waals surface area contributed by atoms with Crippen LogP contribution in [0.1, 0.15) is 67.9 Å². The lowest BCUT2D eigenvalue weighted by Crippen LogP contribution is -2.42. The first-order chi connectivity index (χ1) is 12.8. The van der Waals surface area contributed by atoms with Crippen LogP contribution in [0.25, 0.3) is 5.00 Å². The molecule has 0 radical (unpaired) electrons. The molecule has 2 fully saturated rings. The van der Waals surface area contributed by atoms with Gasteiger partial charge < -0.3 is 5.11 Å². The maximum atomic E-state index is 11.8. The fraction of sp³-hybridized carbons (Fsp3) is 0.632. The number of hydrogen-bond acceptors (Lipinski definition) is 5. The molecule has 0 saturated heterocycles. The maximum Gasteiger partial charge on any atom is 0.320 e. The zero-order chi connectivity index (χ0) is 19.0. The van der Waals surface area contributed by atoms with Gasteiger partial charge in [-0.1, -0.05) is 25.6 Å². The van der Waals surface area contributed by atoms with Gasteiger partial charge in [-0.25, -0.2) is 0 Å². The van der Waals surface area contributed by atoms with Crippen LogP contribution in [-0.2, 0) is 17.6 Å². The molecular formula is C19H22BrN3O2S2. The Morgan fingerprint density at radius 3 is 2.56 bits per heavy atom. The minimum atomic E-state index is -0.747. The van der Waals surface area contributed by atoms with Crippen molar-refractivity contribution in [1.82, 2.24) is 14.8 Å². The third-order valence-corrected chi connectivity index (χ3v) is 9.38. The Balaban J connectivity index is 1.60. The third kappa shape index (κ3) is 2.90. The lowest BCUT2D eigenvalue weighted by molar-refractivity contribution is -0.142. The van der Waals surface area contributed by atoms with Crippen LogP contribution in [0.2, 0.25) is 0 Å². The molecule has 2 saturated carbocycles. The molecule has 0 amide bonds. The number of thioether (sulfide) groups is 1. The summed E-state index contributed by atoms with van der Waals surface area (Å²) in [4.78, 5) is 13.4. The van der Waals surface area contributed by atoms with Crippen LogP contribution in [0.15, 0.2) is 9.89 Å². The quantitative estimate of drug-likeness (QED) is 0.654. The van der Waals surface area contributed by atoms with Gasteiger partial charge in [0.25, 0.3) is 0 Å². The summed E-state index contributed by atoms with van der Waals surface area (Å²) in [7, 11) is 0. The molecular weight excluding hydrogens is 446 g/mol. The SMILES string of the molecule is CC1(C)Cc2c(C3CC3)sc(-n3c(Br)nnc3SC3(C(=O)O)CCC3)c2C1. The Bertz CT molecular complexity index is 941. The lowest BCUT2D eigenvalue weighted by Gasteiger charge is -2.36. The summed E-state index contributed by atoms with van der Waals surface area (Å²) in [5.41, 5.74) is 3.24. The Morgan fingerprint density at radius 1 is 1.26 bits per heavy atom. The molecule has 0 bridgehead atoms. The van der Waals surface area contributed by atoms with E-state index in [1.165, 1.54) is 40.7 Å². The summed E-state index contributed by atoms with van der Waals surface area (Å²) in [6, 6.07) is 0. The fourth-order valence-electron chi connectivity index (χ4n) is 4.28. The number of aliphatic carboxylic acids is 1. The second-order valence-corrected chi connectivity index (χ2v) is 12.0. The number of carbonyl (C=O) groups is 1. The van der Waals surface area contributed by atoms with Gasteiger partial charge in [0.05, 0.1) is 0 Å². The Kier molecular flexibility index (Phi) is 4.09. The van der Waals surface area contributed by atoms with Gasteiger partial charge in [0, 0.05) is 4.88 Å². The summed E-state index contributed by atoms with van der Waals surface area (Å²) in [5.74, 6) is -0.0182. The van der Waals surface area contributed by atoms with E-state index in [-0.39, 0.29) is 5.41 Å². The summed E-state index contributed by atoms with van der Waals surface area (Å²) in [6.45, 7) is 4.67. The molecule has 5 nitrogen and oxygen atoms in total. The van der Waals surface area contributed by atoms with Crippen LogP contribution in [0.5, 0.6) is 0 Å². The molecule has 0 aromatic carbocycles. The fourth-order valence-corrected chi connectivity index (χ4v) is 7.79. The van der Waals surface area contributed by atoms with Gasteiger partial charge in [-0.2, -0.15) is 0 Å². The highest BCUT2D eigenvalue weighted by Gasteiger charge is 2.47. The smallest absolute Gasteiger partial charge is 0.320 e. The van der Waals surface area contributed by atoms with Gasteiger partial charge >= 0.3 is 5.97 Å². The van der Waals surface area contributed by atoms with Crippen molar-refractivity contribution in [2.75, 3.05) is 0 Å². The van der Waals surface area contributed by atoms with Crippen molar-refractivity contribution < 1.29 is 9.90 Å². The average molecular weight is 468 g/mol. The van der Waals surface area contributed by atoms with Crippen LogP contribution < -0.4 is 0 Å². The molecule has 2 aromatic heterocycles. The monoisotopic (exact) mass is 467 g/mol. The van der Waals surface area contributed by atoms with E-state index in [0.717, 1.165) is 25.2 Å². The lowest BCUT2D eigenvalue weighted by atomic mass is 9.84. The van der Waals surface area contributed by atoms with Crippen molar-refractivity contribution >= 4 is 45.0 Å². The molecule has 0 unspecified atom stereocenters. The van der Waals surface area contributed by atoms with E-state index in [2.05, 4.69) is 44.5 Å². The first-order valence-corrected chi connectivity index (χ1v) is 11.9. The molecule has 144 valence electrons. The van der Waals surface area contributed by atoms with E-state index in [1.54, 1.807) is 4.88 Å². The molecule has 5 rings (SSSR count). The summed E-state index contributed by atoms with van der Waals surface area (Å²) in [5, 5.41) is 20.2. The normalized spacial score (nSPS) is 22.5. The molecule has 3 aliphatic rings. The number of thiophene rings is 1. The summed E-state index contributed by atoms with van der Waals surface area (Å²) in [6.07, 6.45) is 7.12. The van der Waals surface area contributed by atoms with Crippen molar-refractivity contribution in [3.63, 3.8) is 0 Å². The van der Waals surface area contributed by atoms with E-state index in [4.69, 9.17) is 0 Å². The molecule has 8 heteroatoms. The highest BCUT2D eigenvalue weighted by molar-refractivity contribution is 9.10. The zero-order valence-electron chi connectivity index (χ0n) is 15.4. The molecule has 1 N–H and O–H groups in total. The minimum Gasteiger partial charge on any atom is -0.480 e. The average Bonchev–Trinajstić information content (AvgIpc) is 3.16. The van der Waals surface area contributed by atoms with Crippen LogP contribution in [0.3, 0.4) is 0 Å². The van der Waals surface area contributed by atoms with Gasteiger partial charge in [0.2, 0.25) is 4.73 Å². The van der Waals surface area contributed by atoms with Gasteiger partial charge in [-0.3, -0.25) is 9.36 Å². The van der Waals surface area contributed by atoms with Crippen LogP contribution in [0.4, 0.5) is 0 Å². The maximum absolute atomic E-state index is 11.8. The van der Waals surface area contributed by atoms with E-state index in [0.29, 0.717) is 22.7 Å². The molecule has 0 spiro atoms. The number of carboxylic acids is 1. The molecule has 2 aromatic rings. The van der Waals surface area contributed by atoms with Crippen molar-refractivity contribution in [2.45, 2.75) is 74.6 Å². The number of aromatic nitrogens is 3. The number of rotatable bonds is 5. The predicted octanol–water partition coefficient (Wildman–Crippen LogP) is 5.19. The second kappa shape index (κ2) is 6.07. The molecule has 0 atom stereocenters. The number of hydrogen-bond donors (Lipinski definition) is 1. The zero-order valence-corrected chi connectivity index (χ0v) is 18.6. The molecule has 3 aliphatic carbocycles. The molecule has 0 aliphatic heterocycles. The first kappa shape index (κ1) is 18.2. The van der Waals surface area contributed by atoms with Crippen molar-refractivity contribution in [1.29, 1.82) is 0 Å². The predicted molar refractivity (Wildman–Crippen MR) is 110 cm³/mol. The van der Waals surface area contributed by atoms with Gasteiger partial charge in [0.1, 0.15) is 9.75 Å². The van der Waals surface area contributed by atoms with Crippen LogP contribution in [-0.4, -0.2) is 30.6 Å². The Hall–Kier alpha value is -0.860.